The number of carbonyl (C=O) groups excluding carboxylic acids is 1. The van der Waals surface area contributed by atoms with Crippen LogP contribution in [0.4, 0.5) is 16.3 Å². The third-order valence-corrected chi connectivity index (χ3v) is 5.62. The van der Waals surface area contributed by atoms with E-state index in [0.717, 1.165) is 29.0 Å². The van der Waals surface area contributed by atoms with Crippen molar-refractivity contribution >= 4 is 51.9 Å². The van der Waals surface area contributed by atoms with Crippen LogP contribution >= 0.6 is 35.1 Å². The van der Waals surface area contributed by atoms with E-state index in [-0.39, 0.29) is 5.24 Å². The SMILES string of the molecule is COc1nc(C)c(C)nc1NSC(=O)N1CCN(c2cc(Cl)cc(Cl)c2)CC1. The fourth-order valence-electron chi connectivity index (χ4n) is 2.82. The first-order valence-corrected chi connectivity index (χ1v) is 10.3. The van der Waals surface area contributed by atoms with Crippen molar-refractivity contribution in [2.75, 3.05) is 42.9 Å². The summed E-state index contributed by atoms with van der Waals surface area (Å²) in [5.41, 5.74) is 2.53. The second-order valence-corrected chi connectivity index (χ2v) is 7.95. The molecule has 1 aromatic carbocycles. The van der Waals surface area contributed by atoms with Gasteiger partial charge in [-0.2, -0.15) is 0 Å². The standard InChI is InChI=1S/C18H21Cl2N5O2S/c1-11-12(2)22-17(27-3)16(21-11)23-28-18(26)25-6-4-24(5-7-25)15-9-13(19)8-14(20)10-15/h8-10H,4-7H2,1-3H3,(H,21,23). The lowest BCUT2D eigenvalue weighted by atomic mass is 10.2. The molecular weight excluding hydrogens is 421 g/mol. The minimum Gasteiger partial charge on any atom is -0.478 e. The number of nitrogens with one attached hydrogen (secondary N) is 1. The molecule has 10 heteroatoms. The Balaban J connectivity index is 1.56. The Bertz CT molecular complexity index is 855. The minimum atomic E-state index is -0.0779. The van der Waals surface area contributed by atoms with Gasteiger partial charge in [-0.3, -0.25) is 4.79 Å². The van der Waals surface area contributed by atoms with E-state index in [1.807, 2.05) is 26.0 Å². The normalized spacial score (nSPS) is 14.2. The molecule has 1 saturated heterocycles. The van der Waals surface area contributed by atoms with Crippen LogP contribution < -0.4 is 14.4 Å². The summed E-state index contributed by atoms with van der Waals surface area (Å²) in [4.78, 5) is 25.2. The van der Waals surface area contributed by atoms with Crippen molar-refractivity contribution in [2.45, 2.75) is 13.8 Å². The van der Waals surface area contributed by atoms with E-state index in [4.69, 9.17) is 27.9 Å². The van der Waals surface area contributed by atoms with E-state index >= 15 is 0 Å². The largest absolute Gasteiger partial charge is 0.478 e. The van der Waals surface area contributed by atoms with Crippen LogP contribution in [-0.4, -0.2) is 53.4 Å². The summed E-state index contributed by atoms with van der Waals surface area (Å²) in [6.07, 6.45) is 0. The molecule has 0 atom stereocenters. The van der Waals surface area contributed by atoms with Crippen molar-refractivity contribution in [1.29, 1.82) is 0 Å². The van der Waals surface area contributed by atoms with Crippen molar-refractivity contribution < 1.29 is 9.53 Å². The molecule has 2 heterocycles. The molecule has 1 amide bonds. The van der Waals surface area contributed by atoms with Gasteiger partial charge in [0.25, 0.3) is 5.88 Å². The second kappa shape index (κ2) is 9.07. The van der Waals surface area contributed by atoms with Crippen molar-refractivity contribution in [3.8, 4) is 5.88 Å². The second-order valence-electron chi connectivity index (χ2n) is 6.32. The topological polar surface area (TPSA) is 70.6 Å². The summed E-state index contributed by atoms with van der Waals surface area (Å²) in [6, 6.07) is 5.47. The lowest BCUT2D eigenvalue weighted by molar-refractivity contribution is 0.219. The van der Waals surface area contributed by atoms with Gasteiger partial charge in [-0.1, -0.05) is 23.2 Å². The van der Waals surface area contributed by atoms with Crippen molar-refractivity contribution in [3.63, 3.8) is 0 Å². The van der Waals surface area contributed by atoms with Crippen LogP contribution in [-0.2, 0) is 0 Å². The number of amides is 1. The molecule has 0 aliphatic carbocycles. The maximum Gasteiger partial charge on any atom is 0.302 e. The number of aromatic nitrogens is 2. The van der Waals surface area contributed by atoms with Crippen LogP contribution in [0.15, 0.2) is 18.2 Å². The number of nitrogens with zero attached hydrogens (tertiary/aromatic N) is 4. The molecule has 1 fully saturated rings. The molecule has 1 aliphatic rings. The number of anilines is 2. The maximum atomic E-state index is 12.6. The molecule has 0 spiro atoms. The fraction of sp³-hybridized carbons (Fsp3) is 0.389. The third kappa shape index (κ3) is 4.92. The monoisotopic (exact) mass is 441 g/mol. The third-order valence-electron chi connectivity index (χ3n) is 4.45. The number of aryl methyl sites for hydroxylation is 2. The first-order chi connectivity index (χ1) is 13.4. The Hall–Kier alpha value is -1.90. The highest BCUT2D eigenvalue weighted by molar-refractivity contribution is 8.14. The van der Waals surface area contributed by atoms with Crippen molar-refractivity contribution in [2.24, 2.45) is 0 Å². The summed E-state index contributed by atoms with van der Waals surface area (Å²) in [5, 5.41) is 1.12. The van der Waals surface area contributed by atoms with Gasteiger partial charge in [-0.15, -0.1) is 0 Å². The summed E-state index contributed by atoms with van der Waals surface area (Å²) in [6.45, 7) is 6.34. The average Bonchev–Trinajstić information content (AvgIpc) is 2.67. The Morgan fingerprint density at radius 1 is 1.07 bits per heavy atom. The zero-order chi connectivity index (χ0) is 20.3. The highest BCUT2D eigenvalue weighted by Crippen LogP contribution is 2.27. The van der Waals surface area contributed by atoms with Crippen LogP contribution in [0, 0.1) is 13.8 Å². The predicted molar refractivity (Wildman–Crippen MR) is 115 cm³/mol. The lowest BCUT2D eigenvalue weighted by Gasteiger charge is -2.35. The van der Waals surface area contributed by atoms with Crippen molar-refractivity contribution in [3.05, 3.63) is 39.6 Å². The molecule has 1 N–H and O–H groups in total. The van der Waals surface area contributed by atoms with Crippen LogP contribution in [0.25, 0.3) is 0 Å². The van der Waals surface area contributed by atoms with Gasteiger partial charge in [0.05, 0.1) is 18.5 Å². The zero-order valence-corrected chi connectivity index (χ0v) is 18.2. The van der Waals surface area contributed by atoms with Gasteiger partial charge in [-0.05, 0) is 32.0 Å². The molecular formula is C18H21Cl2N5O2S. The van der Waals surface area contributed by atoms with Crippen molar-refractivity contribution in [1.82, 2.24) is 14.9 Å². The van der Waals surface area contributed by atoms with Gasteiger partial charge < -0.3 is 19.3 Å². The highest BCUT2D eigenvalue weighted by atomic mass is 35.5. The molecule has 0 unspecified atom stereocenters. The molecule has 1 aromatic heterocycles. The molecule has 2 aromatic rings. The summed E-state index contributed by atoms with van der Waals surface area (Å²) in [5.74, 6) is 0.808. The smallest absolute Gasteiger partial charge is 0.302 e. The van der Waals surface area contributed by atoms with Crippen LogP contribution in [0.1, 0.15) is 11.4 Å². The molecule has 3 rings (SSSR count). The van der Waals surface area contributed by atoms with Gasteiger partial charge >= 0.3 is 5.24 Å². The summed E-state index contributed by atoms with van der Waals surface area (Å²) < 4.78 is 8.20. The van der Waals surface area contributed by atoms with Gasteiger partial charge in [-0.25, -0.2) is 9.97 Å². The first kappa shape index (κ1) is 20.8. The number of hydrogen-bond donors (Lipinski definition) is 1. The van der Waals surface area contributed by atoms with Crippen LogP contribution in [0.3, 0.4) is 0 Å². The van der Waals surface area contributed by atoms with Gasteiger partial charge in [0.15, 0.2) is 5.82 Å². The quantitative estimate of drug-likeness (QED) is 0.704. The number of rotatable bonds is 4. The molecule has 150 valence electrons. The highest BCUT2D eigenvalue weighted by Gasteiger charge is 2.23. The average molecular weight is 442 g/mol. The van der Waals surface area contributed by atoms with Gasteiger partial charge in [0.1, 0.15) is 0 Å². The number of carbonyl (C=O) groups is 1. The molecule has 0 saturated carbocycles. The van der Waals surface area contributed by atoms with Gasteiger partial charge in [0, 0.05) is 53.9 Å². The molecule has 7 nitrogen and oxygen atoms in total. The number of benzene rings is 1. The Morgan fingerprint density at radius 2 is 1.68 bits per heavy atom. The minimum absolute atomic E-state index is 0.0779. The maximum absolute atomic E-state index is 12.6. The Kier molecular flexibility index (Phi) is 6.74. The number of methoxy groups -OCH3 is 1. The van der Waals surface area contributed by atoms with E-state index in [9.17, 15) is 4.79 Å². The van der Waals surface area contributed by atoms with Gasteiger partial charge in [0.2, 0.25) is 0 Å². The molecule has 28 heavy (non-hydrogen) atoms. The molecule has 0 bridgehead atoms. The molecule has 1 aliphatic heterocycles. The van der Waals surface area contributed by atoms with Crippen LogP contribution in [0.2, 0.25) is 10.0 Å². The summed E-state index contributed by atoms with van der Waals surface area (Å²) in [7, 11) is 1.53. The Labute approximate surface area is 178 Å². The summed E-state index contributed by atoms with van der Waals surface area (Å²) >= 11 is 13.1. The fourth-order valence-corrected chi connectivity index (χ4v) is 3.96. The predicted octanol–water partition coefficient (Wildman–Crippen LogP) is 4.41. The van der Waals surface area contributed by atoms with Crippen LogP contribution in [0.5, 0.6) is 5.88 Å². The van der Waals surface area contributed by atoms with E-state index in [1.165, 1.54) is 7.11 Å². The number of hydrogen-bond acceptors (Lipinski definition) is 7. The number of ether oxygens (including phenoxy) is 1. The number of halogens is 2. The first-order valence-electron chi connectivity index (χ1n) is 8.69. The molecule has 0 radical (unpaired) electrons. The Morgan fingerprint density at radius 3 is 2.29 bits per heavy atom. The van der Waals surface area contributed by atoms with E-state index in [2.05, 4.69) is 19.6 Å². The van der Waals surface area contributed by atoms with E-state index in [1.54, 1.807) is 11.0 Å². The lowest BCUT2D eigenvalue weighted by Crippen LogP contribution is -2.47. The van der Waals surface area contributed by atoms with E-state index in [0.29, 0.717) is 47.9 Å². The number of piperazine rings is 1. The van der Waals surface area contributed by atoms with E-state index < -0.39 is 0 Å². The zero-order valence-electron chi connectivity index (χ0n) is 15.8.